The minimum absolute atomic E-state index is 0.0164. The summed E-state index contributed by atoms with van der Waals surface area (Å²) >= 11 is 3.39. The van der Waals surface area contributed by atoms with Gasteiger partial charge in [-0.3, -0.25) is 0 Å². The van der Waals surface area contributed by atoms with E-state index in [0.29, 0.717) is 19.8 Å². The maximum atomic E-state index is 9.15. The lowest BCUT2D eigenvalue weighted by atomic mass is 10.2. The van der Waals surface area contributed by atoms with E-state index in [-0.39, 0.29) is 18.0 Å². The van der Waals surface area contributed by atoms with Crippen LogP contribution in [0.1, 0.15) is 10.1 Å². The van der Waals surface area contributed by atoms with Gasteiger partial charge in [0.1, 0.15) is 30.8 Å². The molecule has 8 heteroatoms. The molecule has 0 aromatic carbocycles. The van der Waals surface area contributed by atoms with E-state index in [2.05, 4.69) is 0 Å². The Hall–Kier alpha value is -1.09. The number of ether oxygens (including phenoxy) is 4. The smallest absolute Gasteiger partial charge is 0.176 e. The molecule has 3 aliphatic rings. The first kappa shape index (κ1) is 15.8. The van der Waals surface area contributed by atoms with E-state index in [1.165, 1.54) is 0 Å². The third-order valence-electron chi connectivity index (χ3n) is 3.40. The summed E-state index contributed by atoms with van der Waals surface area (Å²) in [5.41, 5.74) is 0. The van der Waals surface area contributed by atoms with E-state index in [4.69, 9.17) is 29.2 Å². The molecule has 1 aromatic heterocycles. The molecular weight excluding hydrogens is 328 g/mol. The number of aliphatic hydroxyl groups is 2. The van der Waals surface area contributed by atoms with Crippen LogP contribution in [0, 0.1) is 0 Å². The first-order valence-electron chi connectivity index (χ1n) is 6.93. The fourth-order valence-electron chi connectivity index (χ4n) is 2.47. The van der Waals surface area contributed by atoms with Gasteiger partial charge in [0.15, 0.2) is 23.4 Å². The second-order valence-electron chi connectivity index (χ2n) is 4.70. The zero-order valence-corrected chi connectivity index (χ0v) is 13.7. The number of rotatable bonds is 2. The minimum atomic E-state index is -0.245. The summed E-state index contributed by atoms with van der Waals surface area (Å²) in [7, 11) is 1.00. The van der Waals surface area contributed by atoms with Gasteiger partial charge in [0.05, 0.1) is 17.2 Å². The number of hydrogen-bond acceptors (Lipinski definition) is 8. The number of thiophene rings is 1. The Morgan fingerprint density at radius 2 is 2.05 bits per heavy atom. The SMILES string of the molecule is CO.OCC1COC2=C(CSC2c2scc3c2OCCO3)O1. The maximum Gasteiger partial charge on any atom is 0.176 e. The summed E-state index contributed by atoms with van der Waals surface area (Å²) in [5, 5.41) is 18.3. The monoisotopic (exact) mass is 346 g/mol. The summed E-state index contributed by atoms with van der Waals surface area (Å²) in [6, 6.07) is 0. The van der Waals surface area contributed by atoms with Gasteiger partial charge in [-0.25, -0.2) is 0 Å². The Balaban J connectivity index is 0.000000693. The molecule has 0 spiro atoms. The minimum Gasteiger partial charge on any atom is -0.489 e. The lowest BCUT2D eigenvalue weighted by Gasteiger charge is -2.26. The van der Waals surface area contributed by atoms with Gasteiger partial charge < -0.3 is 29.2 Å². The first-order valence-corrected chi connectivity index (χ1v) is 8.86. The molecule has 0 bridgehead atoms. The molecule has 0 saturated carbocycles. The highest BCUT2D eigenvalue weighted by molar-refractivity contribution is 8.00. The lowest BCUT2D eigenvalue weighted by molar-refractivity contribution is -0.0292. The zero-order chi connectivity index (χ0) is 15.5. The molecule has 3 aliphatic heterocycles. The van der Waals surface area contributed by atoms with Gasteiger partial charge in [-0.15, -0.1) is 23.1 Å². The molecule has 6 nitrogen and oxygen atoms in total. The molecule has 122 valence electrons. The fourth-order valence-corrected chi connectivity index (χ4v) is 4.88. The van der Waals surface area contributed by atoms with Crippen LogP contribution in [0.2, 0.25) is 0 Å². The molecule has 22 heavy (non-hydrogen) atoms. The van der Waals surface area contributed by atoms with Crippen molar-refractivity contribution in [1.29, 1.82) is 0 Å². The van der Waals surface area contributed by atoms with Crippen LogP contribution < -0.4 is 9.47 Å². The maximum absolute atomic E-state index is 9.15. The predicted octanol–water partition coefficient (Wildman–Crippen LogP) is 1.53. The molecule has 0 saturated heterocycles. The summed E-state index contributed by atoms with van der Waals surface area (Å²) < 4.78 is 22.9. The van der Waals surface area contributed by atoms with E-state index < -0.39 is 0 Å². The standard InChI is InChI=1S/C13H14O5S2.CH4O/c14-3-7-4-17-11-9(18-7)6-20-13(11)12-10-8(5-19-12)15-1-2-16-10;1-2/h5,7,13-14H,1-4,6H2;2H,1H3. The zero-order valence-electron chi connectivity index (χ0n) is 12.1. The summed E-state index contributed by atoms with van der Waals surface area (Å²) in [6.45, 7) is 1.57. The number of fused-ring (bicyclic) bond motifs is 1. The van der Waals surface area contributed by atoms with E-state index in [1.54, 1.807) is 23.1 Å². The Morgan fingerprint density at radius 1 is 1.23 bits per heavy atom. The van der Waals surface area contributed by atoms with E-state index in [9.17, 15) is 0 Å². The first-order chi connectivity index (χ1) is 10.9. The third kappa shape index (κ3) is 2.76. The molecular formula is C14H18O6S2. The van der Waals surface area contributed by atoms with E-state index >= 15 is 0 Å². The Labute approximate surface area is 136 Å². The van der Waals surface area contributed by atoms with Crippen molar-refractivity contribution >= 4 is 23.1 Å². The van der Waals surface area contributed by atoms with Crippen LogP contribution in [0.3, 0.4) is 0 Å². The summed E-state index contributed by atoms with van der Waals surface area (Å²) in [4.78, 5) is 1.13. The Morgan fingerprint density at radius 3 is 2.86 bits per heavy atom. The van der Waals surface area contributed by atoms with Gasteiger partial charge in [-0.2, -0.15) is 0 Å². The Kier molecular flexibility index (Phi) is 5.02. The highest BCUT2D eigenvalue weighted by Crippen LogP contribution is 2.54. The summed E-state index contributed by atoms with van der Waals surface area (Å²) in [5.74, 6) is 4.17. The van der Waals surface area contributed by atoms with Crippen molar-refractivity contribution in [1.82, 2.24) is 0 Å². The van der Waals surface area contributed by atoms with Crippen molar-refractivity contribution in [2.45, 2.75) is 11.4 Å². The van der Waals surface area contributed by atoms with Crippen LogP contribution in [0.4, 0.5) is 0 Å². The molecule has 2 N–H and O–H groups in total. The topological polar surface area (TPSA) is 77.4 Å². The van der Waals surface area contributed by atoms with Crippen LogP contribution in [-0.4, -0.2) is 55.6 Å². The van der Waals surface area contributed by atoms with Crippen molar-refractivity contribution in [3.05, 3.63) is 21.8 Å². The normalized spacial score (nSPS) is 25.6. The largest absolute Gasteiger partial charge is 0.489 e. The second kappa shape index (κ2) is 6.99. The number of aliphatic hydroxyl groups excluding tert-OH is 2. The average molecular weight is 346 g/mol. The van der Waals surface area contributed by atoms with Gasteiger partial charge in [-0.05, 0) is 0 Å². The average Bonchev–Trinajstić information content (AvgIpc) is 3.19. The van der Waals surface area contributed by atoms with Crippen molar-refractivity contribution in [2.24, 2.45) is 0 Å². The second-order valence-corrected chi connectivity index (χ2v) is 6.71. The quantitative estimate of drug-likeness (QED) is 0.841. The Bertz CT molecular complexity index is 556. The molecule has 4 rings (SSSR count). The van der Waals surface area contributed by atoms with Crippen molar-refractivity contribution in [3.8, 4) is 11.5 Å². The van der Waals surface area contributed by atoms with Gasteiger partial charge >= 0.3 is 0 Å². The van der Waals surface area contributed by atoms with Crippen LogP contribution in [0.25, 0.3) is 0 Å². The highest BCUT2D eigenvalue weighted by atomic mass is 32.2. The van der Waals surface area contributed by atoms with Crippen LogP contribution in [0.15, 0.2) is 16.9 Å². The third-order valence-corrected chi connectivity index (χ3v) is 5.77. The molecule has 2 unspecified atom stereocenters. The molecule has 0 amide bonds. The highest BCUT2D eigenvalue weighted by Gasteiger charge is 2.39. The molecule has 2 atom stereocenters. The molecule has 4 heterocycles. The van der Waals surface area contributed by atoms with Crippen molar-refractivity contribution < 1.29 is 29.2 Å². The molecule has 1 aromatic rings. The van der Waals surface area contributed by atoms with Crippen molar-refractivity contribution in [3.63, 3.8) is 0 Å². The molecule has 0 radical (unpaired) electrons. The van der Waals surface area contributed by atoms with Crippen LogP contribution >= 0.6 is 23.1 Å². The number of hydrogen-bond donors (Lipinski definition) is 2. The van der Waals surface area contributed by atoms with Gasteiger partial charge in [0.25, 0.3) is 0 Å². The van der Waals surface area contributed by atoms with Gasteiger partial charge in [0.2, 0.25) is 0 Å². The fraction of sp³-hybridized carbons (Fsp3) is 0.571. The summed E-state index contributed by atoms with van der Waals surface area (Å²) in [6.07, 6.45) is -0.245. The molecule has 0 fully saturated rings. The van der Waals surface area contributed by atoms with Gasteiger partial charge in [0, 0.05) is 12.5 Å². The number of thioether (sulfide) groups is 1. The van der Waals surface area contributed by atoms with E-state index in [0.717, 1.165) is 40.8 Å². The van der Waals surface area contributed by atoms with E-state index in [1.807, 2.05) is 5.38 Å². The predicted molar refractivity (Wildman–Crippen MR) is 83.6 cm³/mol. The molecule has 0 aliphatic carbocycles. The van der Waals surface area contributed by atoms with Crippen LogP contribution in [0.5, 0.6) is 11.5 Å². The van der Waals surface area contributed by atoms with Crippen molar-refractivity contribution in [2.75, 3.05) is 39.3 Å². The van der Waals surface area contributed by atoms with Gasteiger partial charge in [-0.1, -0.05) is 0 Å². The lowest BCUT2D eigenvalue weighted by Crippen LogP contribution is -2.28. The van der Waals surface area contributed by atoms with Crippen LogP contribution in [-0.2, 0) is 9.47 Å².